The number of nitrogens with two attached hydrogens (primary N) is 1. The summed E-state index contributed by atoms with van der Waals surface area (Å²) in [4.78, 5) is 25.3. The fourth-order valence-electron chi connectivity index (χ4n) is 4.55. The Morgan fingerprint density at radius 2 is 2.04 bits per heavy atom. The summed E-state index contributed by atoms with van der Waals surface area (Å²) >= 11 is 1.75. The smallest absolute Gasteiger partial charge is 0.218 e. The van der Waals surface area contributed by atoms with E-state index in [-0.39, 0.29) is 11.8 Å². The number of carbonyl (C=O) groups is 1. The Morgan fingerprint density at radius 1 is 1.27 bits per heavy atom. The van der Waals surface area contributed by atoms with Crippen molar-refractivity contribution in [1.82, 2.24) is 14.9 Å². The number of carbonyl (C=O) groups excluding carboxylic acids is 1. The van der Waals surface area contributed by atoms with Crippen molar-refractivity contribution >= 4 is 33.3 Å². The molecule has 1 atom stereocenters. The monoisotopic (exact) mass is 373 g/mol. The maximum Gasteiger partial charge on any atom is 0.218 e. The number of fused-ring (bicyclic) bond motifs is 3. The molecule has 4 rings (SSSR count). The number of primary amides is 1. The van der Waals surface area contributed by atoms with Crippen LogP contribution in [0.5, 0.6) is 0 Å². The molecule has 26 heavy (non-hydrogen) atoms. The minimum absolute atomic E-state index is 0.215. The van der Waals surface area contributed by atoms with E-state index in [0.29, 0.717) is 18.5 Å². The van der Waals surface area contributed by atoms with Gasteiger partial charge < -0.3 is 16.0 Å². The molecule has 2 heterocycles. The molecule has 1 unspecified atom stereocenters. The molecule has 7 heteroatoms. The molecular weight excluding hydrogens is 346 g/mol. The summed E-state index contributed by atoms with van der Waals surface area (Å²) in [5.74, 6) is 0.931. The van der Waals surface area contributed by atoms with Crippen LogP contribution in [-0.4, -0.2) is 47.0 Å². The van der Waals surface area contributed by atoms with Crippen LogP contribution in [0.25, 0.3) is 10.2 Å². The molecule has 0 aromatic carbocycles. The lowest BCUT2D eigenvalue weighted by Crippen LogP contribution is -2.36. The molecule has 2 aliphatic rings. The highest BCUT2D eigenvalue weighted by Crippen LogP contribution is 2.46. The van der Waals surface area contributed by atoms with Crippen LogP contribution < -0.4 is 11.1 Å². The van der Waals surface area contributed by atoms with Gasteiger partial charge in [0, 0.05) is 23.4 Å². The molecule has 1 saturated carbocycles. The Labute approximate surface area is 158 Å². The molecular formula is C19H27N5OS. The van der Waals surface area contributed by atoms with Gasteiger partial charge in [-0.2, -0.15) is 0 Å². The van der Waals surface area contributed by atoms with E-state index in [4.69, 9.17) is 5.73 Å². The molecule has 1 amide bonds. The maximum atomic E-state index is 11.5. The number of hydrogen-bond donors (Lipinski definition) is 2. The first-order valence-electron chi connectivity index (χ1n) is 9.50. The summed E-state index contributed by atoms with van der Waals surface area (Å²) < 4.78 is 0. The third kappa shape index (κ3) is 3.30. The number of amides is 1. The van der Waals surface area contributed by atoms with E-state index in [1.54, 1.807) is 17.7 Å². The highest BCUT2D eigenvalue weighted by atomic mass is 32.1. The van der Waals surface area contributed by atoms with Crippen LogP contribution in [0.4, 0.5) is 5.82 Å². The Kier molecular flexibility index (Phi) is 4.84. The highest BCUT2D eigenvalue weighted by molar-refractivity contribution is 7.19. The molecule has 0 spiro atoms. The number of aromatic nitrogens is 2. The fraction of sp³-hybridized carbons (Fsp3) is 0.632. The molecule has 140 valence electrons. The lowest BCUT2D eigenvalue weighted by molar-refractivity contribution is -0.118. The number of thiophene rings is 1. The standard InChI is InChI=1S/C19H27N5OS/c1-24(2)13-6-4-12(5-7-13)23-18-17-16-11(9-15(20)25)3-8-14(16)26-19(17)22-10-21-18/h10-13H,3-9H2,1-2H3,(H2,20,25)(H,21,22,23). The number of anilines is 1. The summed E-state index contributed by atoms with van der Waals surface area (Å²) in [5.41, 5.74) is 6.75. The molecule has 2 aromatic heterocycles. The predicted molar refractivity (Wildman–Crippen MR) is 106 cm³/mol. The van der Waals surface area contributed by atoms with Gasteiger partial charge in [-0.1, -0.05) is 0 Å². The van der Waals surface area contributed by atoms with Gasteiger partial charge >= 0.3 is 0 Å². The zero-order valence-electron chi connectivity index (χ0n) is 15.5. The average Bonchev–Trinajstić information content (AvgIpc) is 3.15. The van der Waals surface area contributed by atoms with Gasteiger partial charge in [-0.25, -0.2) is 9.97 Å². The van der Waals surface area contributed by atoms with E-state index < -0.39 is 0 Å². The van der Waals surface area contributed by atoms with Crippen LogP contribution in [0.2, 0.25) is 0 Å². The van der Waals surface area contributed by atoms with Gasteiger partial charge in [-0.15, -0.1) is 11.3 Å². The quantitative estimate of drug-likeness (QED) is 0.842. The van der Waals surface area contributed by atoms with Crippen LogP contribution in [0, 0.1) is 0 Å². The van der Waals surface area contributed by atoms with Crippen molar-refractivity contribution in [3.8, 4) is 0 Å². The molecule has 0 radical (unpaired) electrons. The van der Waals surface area contributed by atoms with Crippen LogP contribution in [0.1, 0.15) is 54.9 Å². The first kappa shape index (κ1) is 17.7. The second kappa shape index (κ2) is 7.12. The van der Waals surface area contributed by atoms with Gasteiger partial charge in [0.2, 0.25) is 5.91 Å². The molecule has 0 aliphatic heterocycles. The zero-order valence-corrected chi connectivity index (χ0v) is 16.3. The number of nitrogens with one attached hydrogen (secondary N) is 1. The lowest BCUT2D eigenvalue weighted by atomic mass is 9.90. The second-order valence-corrected chi connectivity index (χ2v) is 8.94. The minimum Gasteiger partial charge on any atom is -0.370 e. The molecule has 0 bridgehead atoms. The Morgan fingerprint density at radius 3 is 2.73 bits per heavy atom. The molecule has 2 aromatic rings. The zero-order chi connectivity index (χ0) is 18.3. The van der Waals surface area contributed by atoms with Gasteiger partial charge in [0.15, 0.2) is 0 Å². The van der Waals surface area contributed by atoms with E-state index in [1.165, 1.54) is 23.3 Å². The lowest BCUT2D eigenvalue weighted by Gasteiger charge is -2.33. The van der Waals surface area contributed by atoms with E-state index in [1.807, 2.05) is 0 Å². The van der Waals surface area contributed by atoms with E-state index >= 15 is 0 Å². The molecule has 1 fully saturated rings. The minimum atomic E-state index is -0.226. The third-order valence-corrected chi connectivity index (χ3v) is 7.12. The summed E-state index contributed by atoms with van der Waals surface area (Å²) in [6, 6.07) is 1.14. The van der Waals surface area contributed by atoms with Gasteiger partial charge in [0.1, 0.15) is 17.0 Å². The normalized spacial score (nSPS) is 25.6. The van der Waals surface area contributed by atoms with Gasteiger partial charge in [-0.3, -0.25) is 4.79 Å². The summed E-state index contributed by atoms with van der Waals surface area (Å²) in [7, 11) is 4.33. The first-order chi connectivity index (χ1) is 12.5. The highest BCUT2D eigenvalue weighted by Gasteiger charge is 2.31. The fourth-order valence-corrected chi connectivity index (χ4v) is 5.79. The van der Waals surface area contributed by atoms with Crippen LogP contribution in [0.3, 0.4) is 0 Å². The number of hydrogen-bond acceptors (Lipinski definition) is 6. The SMILES string of the molecule is CN(C)C1CCC(Nc2ncnc3sc4c(c23)C(CC(N)=O)CC4)CC1. The van der Waals surface area contributed by atoms with Crippen LogP contribution >= 0.6 is 11.3 Å². The van der Waals surface area contributed by atoms with E-state index in [0.717, 1.165) is 41.7 Å². The molecule has 6 nitrogen and oxygen atoms in total. The van der Waals surface area contributed by atoms with Gasteiger partial charge in [-0.05, 0) is 64.1 Å². The van der Waals surface area contributed by atoms with Crippen molar-refractivity contribution in [3.63, 3.8) is 0 Å². The Bertz CT molecular complexity index is 810. The van der Waals surface area contributed by atoms with Crippen molar-refractivity contribution in [2.24, 2.45) is 5.73 Å². The number of aryl methyl sites for hydroxylation is 1. The predicted octanol–water partition coefficient (Wildman–Crippen LogP) is 2.88. The van der Waals surface area contributed by atoms with Crippen molar-refractivity contribution in [2.45, 2.75) is 62.9 Å². The average molecular weight is 374 g/mol. The van der Waals surface area contributed by atoms with Gasteiger partial charge in [0.05, 0.1) is 5.39 Å². The van der Waals surface area contributed by atoms with Crippen LogP contribution in [-0.2, 0) is 11.2 Å². The summed E-state index contributed by atoms with van der Waals surface area (Å²) in [6.07, 6.45) is 8.84. The number of nitrogens with zero attached hydrogens (tertiary/aromatic N) is 3. The van der Waals surface area contributed by atoms with Crippen molar-refractivity contribution in [2.75, 3.05) is 19.4 Å². The first-order valence-corrected chi connectivity index (χ1v) is 10.3. The largest absolute Gasteiger partial charge is 0.370 e. The second-order valence-electron chi connectivity index (χ2n) is 7.86. The molecule has 0 saturated heterocycles. The van der Waals surface area contributed by atoms with Crippen LogP contribution in [0.15, 0.2) is 6.33 Å². The molecule has 2 aliphatic carbocycles. The van der Waals surface area contributed by atoms with Crippen molar-refractivity contribution in [3.05, 3.63) is 16.8 Å². The van der Waals surface area contributed by atoms with Crippen molar-refractivity contribution < 1.29 is 4.79 Å². The van der Waals surface area contributed by atoms with E-state index in [9.17, 15) is 4.79 Å². The maximum absolute atomic E-state index is 11.5. The Balaban J connectivity index is 1.59. The molecule has 3 N–H and O–H groups in total. The Hall–Kier alpha value is -1.73. The summed E-state index contributed by atoms with van der Waals surface area (Å²) in [5, 5.41) is 4.82. The van der Waals surface area contributed by atoms with Crippen molar-refractivity contribution in [1.29, 1.82) is 0 Å². The topological polar surface area (TPSA) is 84.1 Å². The van der Waals surface area contributed by atoms with Gasteiger partial charge in [0.25, 0.3) is 0 Å². The van der Waals surface area contributed by atoms with E-state index in [2.05, 4.69) is 34.3 Å². The third-order valence-electron chi connectivity index (χ3n) is 5.95. The number of rotatable bonds is 5. The summed E-state index contributed by atoms with van der Waals surface area (Å²) in [6.45, 7) is 0.